The van der Waals surface area contributed by atoms with Gasteiger partial charge in [-0.25, -0.2) is 9.55 Å². The summed E-state index contributed by atoms with van der Waals surface area (Å²) in [6.45, 7) is -6.34. The van der Waals surface area contributed by atoms with Crippen LogP contribution in [0.15, 0.2) is 65.3 Å². The minimum absolute atomic E-state index is 0.112. The Bertz CT molecular complexity index is 1830. The molecule has 2 aromatic carbocycles. The molecule has 0 fully saturated rings. The molecule has 1 aliphatic rings. The smallest absolute Gasteiger partial charge is 0.227 e. The van der Waals surface area contributed by atoms with Crippen molar-refractivity contribution in [2.24, 2.45) is 7.05 Å². The maximum atomic E-state index is 8.62. The Kier molecular flexibility index (Phi) is 2.19. The van der Waals surface area contributed by atoms with Crippen molar-refractivity contribution in [1.29, 1.82) is 0 Å². The number of aromatic nitrogens is 2. The fourth-order valence-corrected chi connectivity index (χ4v) is 4.81. The first kappa shape index (κ1) is 11.2. The van der Waals surface area contributed by atoms with Gasteiger partial charge in [-0.2, -0.15) is 0 Å². The third kappa shape index (κ3) is 2.35. The fourth-order valence-electron chi connectivity index (χ4n) is 4.81. The summed E-state index contributed by atoms with van der Waals surface area (Å²) in [6, 6.07) is 13.4. The van der Waals surface area contributed by atoms with Crippen molar-refractivity contribution >= 4 is 22.1 Å². The van der Waals surface area contributed by atoms with E-state index in [1.165, 1.54) is 12.3 Å². The van der Waals surface area contributed by atoms with Gasteiger partial charge in [0, 0.05) is 47.0 Å². The summed E-state index contributed by atoms with van der Waals surface area (Å²) in [5, 5.41) is 0.830. The molecule has 3 heteroatoms. The number of hydrogen-bond donors (Lipinski definition) is 0. The molecule has 31 heavy (non-hydrogen) atoms. The first-order valence-electron chi connectivity index (χ1n) is 14.5. The second-order valence-corrected chi connectivity index (χ2v) is 8.17. The summed E-state index contributed by atoms with van der Waals surface area (Å²) in [5.41, 5.74) is 1.61. The van der Waals surface area contributed by atoms with Crippen LogP contribution in [0.5, 0.6) is 0 Å². The van der Waals surface area contributed by atoms with E-state index in [4.69, 9.17) is 16.8 Å². The molecule has 152 valence electrons. The van der Waals surface area contributed by atoms with Crippen molar-refractivity contribution in [2.45, 2.75) is 32.9 Å². The Balaban J connectivity index is 1.79. The summed E-state index contributed by atoms with van der Waals surface area (Å²) in [4.78, 5) is 4.53. The number of fused-ring (bicyclic) bond motifs is 7. The molecule has 6 rings (SSSR count). The standard InChI is InChI=1S/C28H25N2O/c1-16-12-13-30(5)22(14-16)23-17(2)10-11-19-24-25-20(15-29-27(24)31-26(19)23)18-8-6-7-9-21(18)28(25,3)4/h6-15H,1-5H3/q+1/i1D3,3D3,4D3. The van der Waals surface area contributed by atoms with Crippen molar-refractivity contribution in [3.63, 3.8) is 0 Å². The van der Waals surface area contributed by atoms with Gasteiger partial charge in [-0.3, -0.25) is 0 Å². The van der Waals surface area contributed by atoms with Crippen LogP contribution in [0.25, 0.3) is 44.5 Å². The van der Waals surface area contributed by atoms with Crippen LogP contribution < -0.4 is 4.57 Å². The number of benzene rings is 2. The van der Waals surface area contributed by atoms with Crippen molar-refractivity contribution in [2.75, 3.05) is 0 Å². The Morgan fingerprint density at radius 1 is 1.06 bits per heavy atom. The molecule has 0 bridgehead atoms. The lowest BCUT2D eigenvalue weighted by molar-refractivity contribution is -0.660. The Morgan fingerprint density at radius 3 is 2.77 bits per heavy atom. The largest absolute Gasteiger partial charge is 0.437 e. The molecule has 0 saturated heterocycles. The van der Waals surface area contributed by atoms with Gasteiger partial charge in [-0.1, -0.05) is 50.1 Å². The number of aryl methyl sites for hydroxylation is 3. The van der Waals surface area contributed by atoms with Crippen LogP contribution in [-0.2, 0) is 12.5 Å². The summed E-state index contributed by atoms with van der Waals surface area (Å²) in [7, 11) is 1.79. The lowest BCUT2D eigenvalue weighted by Gasteiger charge is -2.22. The molecule has 0 unspecified atom stereocenters. The van der Waals surface area contributed by atoms with Crippen molar-refractivity contribution in [3.8, 4) is 22.4 Å². The average molecular weight is 415 g/mol. The molecule has 0 N–H and O–H groups in total. The van der Waals surface area contributed by atoms with Crippen LogP contribution in [0.3, 0.4) is 0 Å². The minimum atomic E-state index is -2.94. The fraction of sp³-hybridized carbons (Fsp3) is 0.214. The number of nitrogens with zero attached hydrogens (tertiary/aromatic N) is 2. The lowest BCUT2D eigenvalue weighted by Crippen LogP contribution is -2.30. The van der Waals surface area contributed by atoms with E-state index in [2.05, 4.69) is 4.98 Å². The Morgan fingerprint density at radius 2 is 1.94 bits per heavy atom. The van der Waals surface area contributed by atoms with Crippen LogP contribution >= 0.6 is 0 Å². The molecule has 0 amide bonds. The van der Waals surface area contributed by atoms with Crippen LogP contribution in [0.4, 0.5) is 0 Å². The molecule has 0 radical (unpaired) electrons. The summed E-state index contributed by atoms with van der Waals surface area (Å²) >= 11 is 0. The molecule has 3 heterocycles. The monoisotopic (exact) mass is 414 g/mol. The van der Waals surface area contributed by atoms with E-state index in [0.29, 0.717) is 38.7 Å². The Hall–Kier alpha value is -3.46. The highest BCUT2D eigenvalue weighted by atomic mass is 16.3. The lowest BCUT2D eigenvalue weighted by atomic mass is 9.81. The highest BCUT2D eigenvalue weighted by Crippen LogP contribution is 2.52. The predicted molar refractivity (Wildman–Crippen MR) is 125 cm³/mol. The van der Waals surface area contributed by atoms with Gasteiger partial charge in [0.15, 0.2) is 11.8 Å². The molecular formula is C28H25N2O+. The highest BCUT2D eigenvalue weighted by molar-refractivity contribution is 6.13. The van der Waals surface area contributed by atoms with Crippen LogP contribution in [0, 0.1) is 13.8 Å². The number of hydrogen-bond acceptors (Lipinski definition) is 2. The minimum Gasteiger partial charge on any atom is -0.437 e. The second-order valence-electron chi connectivity index (χ2n) is 8.17. The van der Waals surface area contributed by atoms with Crippen molar-refractivity contribution < 1.29 is 21.3 Å². The SMILES string of the molecule is [2H]C([2H])([2H])c1cc[n+](C)c(-c2c(C)ccc3c2oc2ncc4c(c23)C(C([2H])([2H])[2H])(C([2H])([2H])[2H])c2ccccc2-4)c1. The van der Waals surface area contributed by atoms with E-state index in [9.17, 15) is 0 Å². The van der Waals surface area contributed by atoms with E-state index in [-0.39, 0.29) is 22.4 Å². The van der Waals surface area contributed by atoms with Crippen LogP contribution in [-0.4, -0.2) is 4.98 Å². The van der Waals surface area contributed by atoms with Gasteiger partial charge in [0.1, 0.15) is 7.05 Å². The Labute approximate surface area is 194 Å². The number of rotatable bonds is 1. The van der Waals surface area contributed by atoms with Crippen molar-refractivity contribution in [3.05, 3.63) is 83.2 Å². The molecular weight excluding hydrogens is 380 g/mol. The third-order valence-corrected chi connectivity index (χ3v) is 6.28. The van der Waals surface area contributed by atoms with Crippen LogP contribution in [0.2, 0.25) is 0 Å². The molecule has 0 spiro atoms. The van der Waals surface area contributed by atoms with E-state index >= 15 is 0 Å². The molecule has 0 saturated carbocycles. The maximum Gasteiger partial charge on any atom is 0.227 e. The zero-order valence-electron chi connectivity index (χ0n) is 26.1. The molecule has 5 aromatic rings. The quantitative estimate of drug-likeness (QED) is 0.297. The molecule has 0 aliphatic heterocycles. The summed E-state index contributed by atoms with van der Waals surface area (Å²) < 4.78 is 83.5. The highest BCUT2D eigenvalue weighted by Gasteiger charge is 2.38. The van der Waals surface area contributed by atoms with E-state index in [0.717, 1.165) is 5.56 Å². The van der Waals surface area contributed by atoms with Gasteiger partial charge < -0.3 is 4.42 Å². The van der Waals surface area contributed by atoms with Gasteiger partial charge in [0.05, 0.1) is 10.9 Å². The second kappa shape index (κ2) is 6.04. The van der Waals surface area contributed by atoms with Gasteiger partial charge >= 0.3 is 0 Å². The van der Waals surface area contributed by atoms with Crippen LogP contribution in [0.1, 0.15) is 48.3 Å². The summed E-state index contributed by atoms with van der Waals surface area (Å²) in [6.07, 6.45) is 3.15. The van der Waals surface area contributed by atoms with Gasteiger partial charge in [0.25, 0.3) is 0 Å². The predicted octanol–water partition coefficient (Wildman–Crippen LogP) is 6.40. The third-order valence-electron chi connectivity index (χ3n) is 6.28. The summed E-state index contributed by atoms with van der Waals surface area (Å²) in [5.74, 6) is 0. The van der Waals surface area contributed by atoms with E-state index < -0.39 is 26.0 Å². The average Bonchev–Trinajstić information content (AvgIpc) is 3.37. The molecule has 3 aromatic heterocycles. The zero-order chi connectivity index (χ0) is 29.0. The molecule has 3 nitrogen and oxygen atoms in total. The van der Waals surface area contributed by atoms with Gasteiger partial charge in [-0.05, 0) is 41.6 Å². The first-order chi connectivity index (χ1) is 18.6. The molecule has 1 aliphatic carbocycles. The van der Waals surface area contributed by atoms with E-state index in [1.807, 2.05) is 13.0 Å². The normalized spacial score (nSPS) is 19.7. The molecule has 0 atom stereocenters. The van der Waals surface area contributed by atoms with Crippen molar-refractivity contribution in [1.82, 2.24) is 4.98 Å². The van der Waals surface area contributed by atoms with Gasteiger partial charge in [-0.15, -0.1) is 0 Å². The maximum absolute atomic E-state index is 8.62. The number of pyridine rings is 2. The topological polar surface area (TPSA) is 29.9 Å². The number of furan rings is 1. The van der Waals surface area contributed by atoms with E-state index in [1.54, 1.807) is 54.2 Å². The zero-order valence-corrected chi connectivity index (χ0v) is 17.1. The van der Waals surface area contributed by atoms with Gasteiger partial charge in [0.2, 0.25) is 11.4 Å². The first-order valence-corrected chi connectivity index (χ1v) is 10.0.